The van der Waals surface area contributed by atoms with E-state index in [1.807, 2.05) is 13.0 Å². The van der Waals surface area contributed by atoms with E-state index in [9.17, 15) is 9.59 Å². The Morgan fingerprint density at radius 3 is 2.70 bits per heavy atom. The zero-order chi connectivity index (χ0) is 16.8. The minimum atomic E-state index is -0.266. The summed E-state index contributed by atoms with van der Waals surface area (Å²) in [4.78, 5) is 28.2. The molecule has 0 atom stereocenters. The van der Waals surface area contributed by atoms with Crippen molar-refractivity contribution >= 4 is 29.1 Å². The molecule has 1 N–H and O–H groups in total. The van der Waals surface area contributed by atoms with Crippen molar-refractivity contribution in [3.8, 4) is 5.75 Å². The largest absolute Gasteiger partial charge is 0.496 e. The predicted molar refractivity (Wildman–Crippen MR) is 89.2 cm³/mol. The average molecular weight is 333 g/mol. The third kappa shape index (κ3) is 4.79. The van der Waals surface area contributed by atoms with Gasteiger partial charge in [0, 0.05) is 24.1 Å². The zero-order valence-corrected chi connectivity index (χ0v) is 13.7. The zero-order valence-electron chi connectivity index (χ0n) is 12.9. The molecule has 0 saturated heterocycles. The molecule has 1 heterocycles. The maximum Gasteiger partial charge on any atom is 0.225 e. The van der Waals surface area contributed by atoms with Crippen molar-refractivity contribution in [1.82, 2.24) is 4.98 Å². The van der Waals surface area contributed by atoms with Crippen molar-refractivity contribution in [3.05, 3.63) is 52.7 Å². The van der Waals surface area contributed by atoms with Gasteiger partial charge in [-0.05, 0) is 42.8 Å². The fourth-order valence-corrected chi connectivity index (χ4v) is 2.24. The number of carbonyl (C=O) groups excluding carboxylic acids is 2. The van der Waals surface area contributed by atoms with Crippen molar-refractivity contribution in [2.75, 3.05) is 12.4 Å². The molecule has 0 radical (unpaired) electrons. The maximum atomic E-state index is 12.3. The number of Topliss-reactive ketones (excluding diaryl/α,β-unsaturated/α-hetero) is 1. The van der Waals surface area contributed by atoms with Crippen molar-refractivity contribution < 1.29 is 14.3 Å². The Balaban J connectivity index is 1.96. The van der Waals surface area contributed by atoms with Crippen LogP contribution in [-0.2, 0) is 4.79 Å². The Kier molecular flexibility index (Phi) is 5.71. The van der Waals surface area contributed by atoms with Crippen LogP contribution in [0.4, 0.5) is 5.82 Å². The highest BCUT2D eigenvalue weighted by molar-refractivity contribution is 6.31. The number of pyridine rings is 1. The number of nitrogens with one attached hydrogen (secondary N) is 1. The van der Waals surface area contributed by atoms with Crippen molar-refractivity contribution in [2.45, 2.75) is 19.8 Å². The summed E-state index contributed by atoms with van der Waals surface area (Å²) in [7, 11) is 1.48. The van der Waals surface area contributed by atoms with Gasteiger partial charge in [-0.25, -0.2) is 4.98 Å². The summed E-state index contributed by atoms with van der Waals surface area (Å²) in [6, 6.07) is 8.42. The van der Waals surface area contributed by atoms with Gasteiger partial charge in [0.25, 0.3) is 0 Å². The minimum Gasteiger partial charge on any atom is -0.496 e. The number of hydrogen-bond donors (Lipinski definition) is 1. The number of anilines is 1. The van der Waals surface area contributed by atoms with Crippen LogP contribution >= 0.6 is 11.6 Å². The number of aromatic nitrogens is 1. The molecule has 120 valence electrons. The maximum absolute atomic E-state index is 12.3. The number of aryl methyl sites for hydroxylation is 1. The Morgan fingerprint density at radius 1 is 1.22 bits per heavy atom. The van der Waals surface area contributed by atoms with Crippen LogP contribution in [0.1, 0.15) is 28.8 Å². The number of carbonyl (C=O) groups is 2. The SMILES string of the molecule is COc1ccc(Cl)cc1C(=O)CCC(=O)Nc1cc(C)ccn1. The van der Waals surface area contributed by atoms with Gasteiger partial charge in [0.1, 0.15) is 11.6 Å². The van der Waals surface area contributed by atoms with E-state index in [-0.39, 0.29) is 24.5 Å². The first-order valence-corrected chi connectivity index (χ1v) is 7.46. The summed E-state index contributed by atoms with van der Waals surface area (Å²) >= 11 is 5.91. The standard InChI is InChI=1S/C17H17ClN2O3/c1-11-7-8-19-16(9-11)20-17(22)6-4-14(21)13-10-12(18)3-5-15(13)23-2/h3,5,7-10H,4,6H2,1-2H3,(H,19,20,22). The lowest BCUT2D eigenvalue weighted by molar-refractivity contribution is -0.116. The van der Waals surface area contributed by atoms with Gasteiger partial charge in [-0.2, -0.15) is 0 Å². The van der Waals surface area contributed by atoms with Crippen LogP contribution in [0, 0.1) is 6.92 Å². The Labute approximate surface area is 139 Å². The van der Waals surface area contributed by atoms with E-state index in [0.29, 0.717) is 22.2 Å². The predicted octanol–water partition coefficient (Wildman–Crippen LogP) is 3.65. The van der Waals surface area contributed by atoms with Gasteiger partial charge in [-0.3, -0.25) is 9.59 Å². The fraction of sp³-hybridized carbons (Fsp3) is 0.235. The molecule has 1 amide bonds. The van der Waals surface area contributed by atoms with Crippen LogP contribution in [0.5, 0.6) is 5.75 Å². The number of benzene rings is 1. The van der Waals surface area contributed by atoms with E-state index in [1.165, 1.54) is 7.11 Å². The summed E-state index contributed by atoms with van der Waals surface area (Å²) in [5, 5.41) is 3.12. The third-order valence-electron chi connectivity index (χ3n) is 3.22. The summed E-state index contributed by atoms with van der Waals surface area (Å²) in [5.74, 6) is 0.456. The van der Waals surface area contributed by atoms with Crippen LogP contribution in [0.25, 0.3) is 0 Å². The Morgan fingerprint density at radius 2 is 2.00 bits per heavy atom. The monoisotopic (exact) mass is 332 g/mol. The molecule has 23 heavy (non-hydrogen) atoms. The van der Waals surface area contributed by atoms with Crippen molar-refractivity contribution in [2.24, 2.45) is 0 Å². The topological polar surface area (TPSA) is 68.3 Å². The molecule has 1 aromatic carbocycles. The molecule has 0 spiro atoms. The lowest BCUT2D eigenvalue weighted by Crippen LogP contribution is -2.14. The van der Waals surface area contributed by atoms with Gasteiger partial charge in [0.05, 0.1) is 12.7 Å². The second kappa shape index (κ2) is 7.74. The van der Waals surface area contributed by atoms with Crippen molar-refractivity contribution in [3.63, 3.8) is 0 Å². The average Bonchev–Trinajstić information content (AvgIpc) is 2.52. The van der Waals surface area contributed by atoms with Crippen LogP contribution in [0.15, 0.2) is 36.5 Å². The molecule has 0 aliphatic carbocycles. The van der Waals surface area contributed by atoms with E-state index >= 15 is 0 Å². The van der Waals surface area contributed by atoms with Crippen LogP contribution < -0.4 is 10.1 Å². The highest BCUT2D eigenvalue weighted by Gasteiger charge is 2.15. The van der Waals surface area contributed by atoms with E-state index in [0.717, 1.165) is 5.56 Å². The second-order valence-corrected chi connectivity index (χ2v) is 5.47. The number of ketones is 1. The van der Waals surface area contributed by atoms with E-state index < -0.39 is 0 Å². The van der Waals surface area contributed by atoms with Crippen molar-refractivity contribution in [1.29, 1.82) is 0 Å². The summed E-state index contributed by atoms with van der Waals surface area (Å²) in [6.45, 7) is 1.91. The lowest BCUT2D eigenvalue weighted by atomic mass is 10.1. The molecule has 0 unspecified atom stereocenters. The molecule has 0 aliphatic heterocycles. The Hall–Kier alpha value is -2.40. The molecule has 1 aromatic heterocycles. The lowest BCUT2D eigenvalue weighted by Gasteiger charge is -2.08. The molecule has 0 aliphatic rings. The molecular weight excluding hydrogens is 316 g/mol. The molecule has 0 saturated carbocycles. The van der Waals surface area contributed by atoms with Crippen LogP contribution in [0.2, 0.25) is 5.02 Å². The van der Waals surface area contributed by atoms with E-state index in [2.05, 4.69) is 10.3 Å². The normalized spacial score (nSPS) is 10.2. The third-order valence-corrected chi connectivity index (χ3v) is 3.46. The van der Waals surface area contributed by atoms with E-state index in [1.54, 1.807) is 30.5 Å². The van der Waals surface area contributed by atoms with Gasteiger partial charge in [0.15, 0.2) is 5.78 Å². The first-order chi connectivity index (χ1) is 11.0. The molecule has 5 nitrogen and oxygen atoms in total. The number of ether oxygens (including phenoxy) is 1. The van der Waals surface area contributed by atoms with E-state index in [4.69, 9.17) is 16.3 Å². The first kappa shape index (κ1) is 17.0. The molecular formula is C17H17ClN2O3. The number of amides is 1. The quantitative estimate of drug-likeness (QED) is 0.820. The van der Waals surface area contributed by atoms with Crippen LogP contribution in [-0.4, -0.2) is 23.8 Å². The molecule has 6 heteroatoms. The number of halogens is 1. The van der Waals surface area contributed by atoms with Gasteiger partial charge >= 0.3 is 0 Å². The van der Waals surface area contributed by atoms with Gasteiger partial charge in [-0.1, -0.05) is 11.6 Å². The van der Waals surface area contributed by atoms with Gasteiger partial charge in [0.2, 0.25) is 5.91 Å². The number of rotatable bonds is 6. The second-order valence-electron chi connectivity index (χ2n) is 5.03. The van der Waals surface area contributed by atoms with Gasteiger partial charge in [-0.15, -0.1) is 0 Å². The smallest absolute Gasteiger partial charge is 0.225 e. The molecule has 2 rings (SSSR count). The number of hydrogen-bond acceptors (Lipinski definition) is 4. The first-order valence-electron chi connectivity index (χ1n) is 7.09. The number of methoxy groups -OCH3 is 1. The summed E-state index contributed by atoms with van der Waals surface area (Å²) < 4.78 is 5.15. The highest BCUT2D eigenvalue weighted by Crippen LogP contribution is 2.24. The summed E-state index contributed by atoms with van der Waals surface area (Å²) in [5.41, 5.74) is 1.37. The van der Waals surface area contributed by atoms with Gasteiger partial charge < -0.3 is 10.1 Å². The number of nitrogens with zero attached hydrogens (tertiary/aromatic N) is 1. The summed E-state index contributed by atoms with van der Waals surface area (Å²) in [6.07, 6.45) is 1.74. The molecule has 0 bridgehead atoms. The molecule has 2 aromatic rings. The Bertz CT molecular complexity index is 732. The molecule has 0 fully saturated rings. The fourth-order valence-electron chi connectivity index (χ4n) is 2.07. The highest BCUT2D eigenvalue weighted by atomic mass is 35.5. The van der Waals surface area contributed by atoms with Crippen LogP contribution in [0.3, 0.4) is 0 Å². The minimum absolute atomic E-state index is 0.0596.